The van der Waals surface area contributed by atoms with Crippen LogP contribution in [0.1, 0.15) is 24.9 Å². The van der Waals surface area contributed by atoms with Gasteiger partial charge in [-0.2, -0.15) is 11.8 Å². The third kappa shape index (κ3) is 3.78. The molecule has 1 atom stereocenters. The summed E-state index contributed by atoms with van der Waals surface area (Å²) in [6.07, 6.45) is 1.12. The Balaban J connectivity index is 2.65. The molecule has 0 heterocycles. The van der Waals surface area contributed by atoms with E-state index in [0.717, 1.165) is 17.9 Å². The topological polar surface area (TPSA) is 26.0 Å². The molecule has 0 spiro atoms. The van der Waals surface area contributed by atoms with Gasteiger partial charge in [-0.05, 0) is 34.2 Å². The van der Waals surface area contributed by atoms with Gasteiger partial charge in [0, 0.05) is 17.4 Å². The number of thioether (sulfide) groups is 1. The fourth-order valence-electron chi connectivity index (χ4n) is 1.25. The molecule has 0 saturated carbocycles. The van der Waals surface area contributed by atoms with Crippen LogP contribution in [0.25, 0.3) is 0 Å². The summed E-state index contributed by atoms with van der Waals surface area (Å²) < 4.78 is 14.1. The molecule has 1 aromatic carbocycles. The quantitative estimate of drug-likeness (QED) is 0.837. The molecular weight excluding hydrogens is 277 g/mol. The maximum absolute atomic E-state index is 13.6. The largest absolute Gasteiger partial charge is 0.323 e. The summed E-state index contributed by atoms with van der Waals surface area (Å²) in [6.45, 7) is 2.12. The number of nitrogens with two attached hydrogens (primary N) is 1. The van der Waals surface area contributed by atoms with E-state index in [1.807, 2.05) is 6.07 Å². The highest BCUT2D eigenvalue weighted by atomic mass is 79.9. The van der Waals surface area contributed by atoms with E-state index in [-0.39, 0.29) is 11.9 Å². The Morgan fingerprint density at radius 3 is 2.93 bits per heavy atom. The molecule has 0 aromatic heterocycles. The van der Waals surface area contributed by atoms with Gasteiger partial charge in [-0.25, -0.2) is 4.39 Å². The lowest BCUT2D eigenvalue weighted by atomic mass is 10.1. The SMILES string of the molecule is CCCSCC(N)c1cccc(Br)c1F. The molecule has 0 saturated heterocycles. The van der Waals surface area contributed by atoms with Gasteiger partial charge < -0.3 is 5.73 Å². The first kappa shape index (κ1) is 13.0. The second-order valence-electron chi connectivity index (χ2n) is 3.32. The molecule has 1 unspecified atom stereocenters. The third-order valence-electron chi connectivity index (χ3n) is 2.03. The predicted molar refractivity (Wildman–Crippen MR) is 68.6 cm³/mol. The summed E-state index contributed by atoms with van der Waals surface area (Å²) >= 11 is 4.92. The molecule has 84 valence electrons. The second kappa shape index (κ2) is 6.51. The molecule has 1 nitrogen and oxygen atoms in total. The Bertz CT molecular complexity index is 319. The number of benzene rings is 1. The Hall–Kier alpha value is -0.0600. The van der Waals surface area contributed by atoms with Gasteiger partial charge in [0.2, 0.25) is 0 Å². The normalized spacial score (nSPS) is 12.8. The van der Waals surface area contributed by atoms with Crippen LogP contribution in [0.3, 0.4) is 0 Å². The zero-order valence-electron chi connectivity index (χ0n) is 8.67. The molecule has 0 aliphatic carbocycles. The highest BCUT2D eigenvalue weighted by molar-refractivity contribution is 9.10. The van der Waals surface area contributed by atoms with Crippen LogP contribution in [-0.2, 0) is 0 Å². The van der Waals surface area contributed by atoms with E-state index < -0.39 is 0 Å². The molecule has 0 amide bonds. The monoisotopic (exact) mass is 291 g/mol. The fourth-order valence-corrected chi connectivity index (χ4v) is 2.52. The summed E-state index contributed by atoms with van der Waals surface area (Å²) in [5, 5.41) is 0. The molecule has 1 rings (SSSR count). The molecular formula is C11H15BrFNS. The van der Waals surface area contributed by atoms with Crippen molar-refractivity contribution >= 4 is 27.7 Å². The van der Waals surface area contributed by atoms with Gasteiger partial charge in [0.05, 0.1) is 4.47 Å². The standard InChI is InChI=1S/C11H15BrFNS/c1-2-6-15-7-10(14)8-4-3-5-9(12)11(8)13/h3-5,10H,2,6-7,14H2,1H3. The Morgan fingerprint density at radius 1 is 1.53 bits per heavy atom. The van der Waals surface area contributed by atoms with Crippen molar-refractivity contribution in [3.63, 3.8) is 0 Å². The first-order valence-electron chi connectivity index (χ1n) is 4.94. The highest BCUT2D eigenvalue weighted by Gasteiger charge is 2.12. The second-order valence-corrected chi connectivity index (χ2v) is 5.33. The number of hydrogen-bond donors (Lipinski definition) is 1. The van der Waals surface area contributed by atoms with Crippen LogP contribution in [0, 0.1) is 5.82 Å². The van der Waals surface area contributed by atoms with Crippen LogP contribution in [-0.4, -0.2) is 11.5 Å². The van der Waals surface area contributed by atoms with Crippen LogP contribution < -0.4 is 5.73 Å². The van der Waals surface area contributed by atoms with Crippen LogP contribution in [0.5, 0.6) is 0 Å². The van der Waals surface area contributed by atoms with Gasteiger partial charge in [0.15, 0.2) is 0 Å². The molecule has 0 aliphatic rings. The average molecular weight is 292 g/mol. The van der Waals surface area contributed by atoms with Crippen molar-refractivity contribution in [3.8, 4) is 0 Å². The molecule has 0 bridgehead atoms. The lowest BCUT2D eigenvalue weighted by Crippen LogP contribution is -2.15. The predicted octanol–water partition coefficient (Wildman–Crippen LogP) is 3.73. The fraction of sp³-hybridized carbons (Fsp3) is 0.455. The maximum Gasteiger partial charge on any atom is 0.142 e. The lowest BCUT2D eigenvalue weighted by molar-refractivity contribution is 0.589. The van der Waals surface area contributed by atoms with Gasteiger partial charge in [-0.1, -0.05) is 19.1 Å². The van der Waals surface area contributed by atoms with E-state index in [0.29, 0.717) is 10.0 Å². The summed E-state index contributed by atoms with van der Waals surface area (Å²) in [5.74, 6) is 1.60. The van der Waals surface area contributed by atoms with E-state index in [4.69, 9.17) is 5.73 Å². The molecule has 1 aromatic rings. The first-order chi connectivity index (χ1) is 7.16. The van der Waals surface area contributed by atoms with Crippen molar-refractivity contribution in [1.82, 2.24) is 0 Å². The molecule has 2 N–H and O–H groups in total. The summed E-state index contributed by atoms with van der Waals surface area (Å²) in [7, 11) is 0. The Labute approximate surface area is 103 Å². The summed E-state index contributed by atoms with van der Waals surface area (Å²) in [4.78, 5) is 0. The molecule has 4 heteroatoms. The van der Waals surface area contributed by atoms with Gasteiger partial charge in [0.25, 0.3) is 0 Å². The number of halogens is 2. The van der Waals surface area contributed by atoms with Crippen molar-refractivity contribution in [2.24, 2.45) is 5.73 Å². The molecule has 15 heavy (non-hydrogen) atoms. The Morgan fingerprint density at radius 2 is 2.27 bits per heavy atom. The zero-order chi connectivity index (χ0) is 11.3. The summed E-state index contributed by atoms with van der Waals surface area (Å²) in [6, 6.07) is 5.02. The minimum Gasteiger partial charge on any atom is -0.323 e. The molecule has 0 radical (unpaired) electrons. The minimum absolute atomic E-state index is 0.223. The van der Waals surface area contributed by atoms with Crippen molar-refractivity contribution in [1.29, 1.82) is 0 Å². The van der Waals surface area contributed by atoms with Crippen molar-refractivity contribution < 1.29 is 4.39 Å². The van der Waals surface area contributed by atoms with Crippen molar-refractivity contribution in [3.05, 3.63) is 34.1 Å². The molecule has 0 fully saturated rings. The minimum atomic E-state index is -0.234. The van der Waals surface area contributed by atoms with Crippen molar-refractivity contribution in [2.45, 2.75) is 19.4 Å². The number of rotatable bonds is 5. The maximum atomic E-state index is 13.6. The smallest absolute Gasteiger partial charge is 0.142 e. The van der Waals surface area contributed by atoms with E-state index >= 15 is 0 Å². The van der Waals surface area contributed by atoms with E-state index in [9.17, 15) is 4.39 Å². The van der Waals surface area contributed by atoms with Crippen LogP contribution >= 0.6 is 27.7 Å². The van der Waals surface area contributed by atoms with Gasteiger partial charge in [0.1, 0.15) is 5.82 Å². The third-order valence-corrected chi connectivity index (χ3v) is 3.93. The number of hydrogen-bond acceptors (Lipinski definition) is 2. The first-order valence-corrected chi connectivity index (χ1v) is 6.88. The lowest BCUT2D eigenvalue weighted by Gasteiger charge is -2.12. The Kier molecular flexibility index (Phi) is 5.64. The van der Waals surface area contributed by atoms with Crippen LogP contribution in [0.4, 0.5) is 4.39 Å². The van der Waals surface area contributed by atoms with E-state index in [2.05, 4.69) is 22.9 Å². The highest BCUT2D eigenvalue weighted by Crippen LogP contribution is 2.24. The average Bonchev–Trinajstić information content (AvgIpc) is 2.22. The van der Waals surface area contributed by atoms with E-state index in [1.54, 1.807) is 23.9 Å². The van der Waals surface area contributed by atoms with Gasteiger partial charge >= 0.3 is 0 Å². The summed E-state index contributed by atoms with van der Waals surface area (Å²) in [5.41, 5.74) is 6.51. The van der Waals surface area contributed by atoms with Gasteiger partial charge in [-0.15, -0.1) is 0 Å². The van der Waals surface area contributed by atoms with Crippen molar-refractivity contribution in [2.75, 3.05) is 11.5 Å². The van der Waals surface area contributed by atoms with Crippen LogP contribution in [0.2, 0.25) is 0 Å². The molecule has 0 aliphatic heterocycles. The van der Waals surface area contributed by atoms with Crippen LogP contribution in [0.15, 0.2) is 22.7 Å². The van der Waals surface area contributed by atoms with E-state index in [1.165, 1.54) is 0 Å². The van der Waals surface area contributed by atoms with Gasteiger partial charge in [-0.3, -0.25) is 0 Å². The zero-order valence-corrected chi connectivity index (χ0v) is 11.1.